The Morgan fingerprint density at radius 3 is 2.47 bits per heavy atom. The fourth-order valence-electron chi connectivity index (χ4n) is 4.15. The number of rotatable bonds is 5. The lowest BCUT2D eigenvalue weighted by Gasteiger charge is -2.24. The molecule has 10 heteroatoms. The molecule has 0 unspecified atom stereocenters. The Balaban J connectivity index is 1.75. The Bertz CT molecular complexity index is 1150. The van der Waals surface area contributed by atoms with E-state index in [1.54, 1.807) is 39.0 Å². The van der Waals surface area contributed by atoms with Gasteiger partial charge in [0.05, 0.1) is 10.4 Å². The summed E-state index contributed by atoms with van der Waals surface area (Å²) in [6, 6.07) is 11.1. The van der Waals surface area contributed by atoms with Crippen LogP contribution >= 0.6 is 11.6 Å². The van der Waals surface area contributed by atoms with Crippen molar-refractivity contribution in [2.24, 2.45) is 5.73 Å². The minimum atomic E-state index is -3.88. The molecule has 1 amide bonds. The van der Waals surface area contributed by atoms with Crippen LogP contribution in [0.4, 0.5) is 4.79 Å². The van der Waals surface area contributed by atoms with Crippen LogP contribution in [-0.2, 0) is 14.6 Å². The number of sulfone groups is 1. The summed E-state index contributed by atoms with van der Waals surface area (Å²) in [7, 11) is -3.88. The molecule has 0 aromatic heterocycles. The number of hydrogen-bond acceptors (Lipinski definition) is 7. The van der Waals surface area contributed by atoms with Crippen LogP contribution in [0.25, 0.3) is 0 Å². The van der Waals surface area contributed by atoms with Gasteiger partial charge in [-0.2, -0.15) is 0 Å². The number of carbonyl (C=O) groups is 1. The first kappa shape index (κ1) is 22.7. The van der Waals surface area contributed by atoms with Gasteiger partial charge >= 0.3 is 6.09 Å². The summed E-state index contributed by atoms with van der Waals surface area (Å²) < 4.78 is 43.4. The minimum Gasteiger partial charge on any atom is -0.454 e. The van der Waals surface area contributed by atoms with Crippen molar-refractivity contribution < 1.29 is 27.4 Å². The first-order valence-corrected chi connectivity index (χ1v) is 12.0. The van der Waals surface area contributed by atoms with Gasteiger partial charge in [-0.25, -0.2) is 13.2 Å². The van der Waals surface area contributed by atoms with Gasteiger partial charge in [0.15, 0.2) is 21.3 Å². The normalized spacial score (nSPS) is 24.2. The number of nitrogens with two attached hydrogens (primary N) is 1. The third-order valence-electron chi connectivity index (χ3n) is 5.56. The predicted octanol–water partition coefficient (Wildman–Crippen LogP) is 3.23. The fraction of sp³-hybridized carbons (Fsp3) is 0.409. The number of nitrogens with one attached hydrogen (secondary N) is 1. The third kappa shape index (κ3) is 4.00. The van der Waals surface area contributed by atoms with Gasteiger partial charge in [-0.1, -0.05) is 17.7 Å². The molecule has 172 valence electrons. The lowest BCUT2D eigenvalue weighted by Crippen LogP contribution is -2.49. The van der Waals surface area contributed by atoms with Crippen molar-refractivity contribution in [1.29, 1.82) is 0 Å². The number of alkyl carbamates (subject to hydrolysis) is 1. The Hall–Kier alpha value is -2.49. The van der Waals surface area contributed by atoms with Crippen LogP contribution in [0.15, 0.2) is 47.4 Å². The highest BCUT2D eigenvalue weighted by Gasteiger charge is 2.72. The second-order valence-corrected chi connectivity index (χ2v) is 11.4. The second kappa shape index (κ2) is 7.83. The van der Waals surface area contributed by atoms with Gasteiger partial charge < -0.3 is 25.3 Å². The van der Waals surface area contributed by atoms with Gasteiger partial charge in [-0.05, 0) is 62.7 Å². The Morgan fingerprint density at radius 2 is 1.84 bits per heavy atom. The fourth-order valence-corrected chi connectivity index (χ4v) is 6.62. The van der Waals surface area contributed by atoms with Gasteiger partial charge in [0.2, 0.25) is 6.79 Å². The van der Waals surface area contributed by atoms with Crippen LogP contribution in [0.1, 0.15) is 32.3 Å². The third-order valence-corrected chi connectivity index (χ3v) is 8.10. The molecular weight excluding hydrogens is 456 g/mol. The van der Waals surface area contributed by atoms with Crippen molar-refractivity contribution in [3.05, 3.63) is 53.1 Å². The molecule has 2 aromatic carbocycles. The summed E-state index contributed by atoms with van der Waals surface area (Å²) in [5, 5.41) is 2.18. The molecule has 1 aliphatic heterocycles. The zero-order valence-electron chi connectivity index (χ0n) is 17.9. The van der Waals surface area contributed by atoms with E-state index in [1.165, 1.54) is 24.3 Å². The topological polar surface area (TPSA) is 117 Å². The lowest BCUT2D eigenvalue weighted by molar-refractivity contribution is 0.0497. The smallest absolute Gasteiger partial charge is 0.408 e. The summed E-state index contributed by atoms with van der Waals surface area (Å²) in [5.41, 5.74) is 4.75. The molecule has 3 atom stereocenters. The van der Waals surface area contributed by atoms with Gasteiger partial charge in [-0.3, -0.25) is 0 Å². The quantitative estimate of drug-likeness (QED) is 0.674. The second-order valence-electron chi connectivity index (χ2n) is 8.88. The molecule has 0 saturated heterocycles. The van der Waals surface area contributed by atoms with Crippen LogP contribution in [0.2, 0.25) is 5.02 Å². The van der Waals surface area contributed by atoms with E-state index in [4.69, 9.17) is 31.5 Å². The highest BCUT2D eigenvalue weighted by atomic mass is 35.5. The predicted molar refractivity (Wildman–Crippen MR) is 119 cm³/mol. The summed E-state index contributed by atoms with van der Waals surface area (Å²) >= 11 is 5.94. The zero-order chi connectivity index (χ0) is 23.3. The summed E-state index contributed by atoms with van der Waals surface area (Å²) in [6.45, 7) is 5.17. The monoisotopic (exact) mass is 480 g/mol. The molecule has 1 fully saturated rings. The van der Waals surface area contributed by atoms with E-state index in [9.17, 15) is 13.2 Å². The van der Waals surface area contributed by atoms with E-state index in [2.05, 4.69) is 5.32 Å². The van der Waals surface area contributed by atoms with E-state index in [0.717, 1.165) is 0 Å². The molecule has 0 radical (unpaired) electrons. The molecule has 0 spiro atoms. The van der Waals surface area contributed by atoms with Crippen molar-refractivity contribution in [1.82, 2.24) is 5.32 Å². The van der Waals surface area contributed by atoms with Crippen LogP contribution in [0, 0.1) is 0 Å². The first-order chi connectivity index (χ1) is 15.0. The molecule has 2 aliphatic rings. The van der Waals surface area contributed by atoms with E-state index in [-0.39, 0.29) is 18.2 Å². The minimum absolute atomic E-state index is 0.0914. The highest BCUT2D eigenvalue weighted by molar-refractivity contribution is 7.92. The van der Waals surface area contributed by atoms with Crippen LogP contribution in [-0.4, -0.2) is 44.2 Å². The van der Waals surface area contributed by atoms with Crippen molar-refractivity contribution in [3.8, 4) is 11.5 Å². The van der Waals surface area contributed by atoms with E-state index in [0.29, 0.717) is 22.1 Å². The van der Waals surface area contributed by atoms with Crippen molar-refractivity contribution in [3.63, 3.8) is 0 Å². The number of ether oxygens (including phenoxy) is 3. The number of fused-ring (bicyclic) bond motifs is 1. The van der Waals surface area contributed by atoms with E-state index < -0.39 is 38.2 Å². The average Bonchev–Trinajstić information content (AvgIpc) is 3.13. The van der Waals surface area contributed by atoms with Crippen LogP contribution in [0.3, 0.4) is 0 Å². The molecule has 32 heavy (non-hydrogen) atoms. The van der Waals surface area contributed by atoms with Gasteiger partial charge in [0.1, 0.15) is 10.9 Å². The Labute approximate surface area is 191 Å². The molecule has 3 N–H and O–H groups in total. The number of carbonyl (C=O) groups excluding carboxylic acids is 1. The standard InChI is InChI=1S/C22H25ClN2O6S/c1-21(2,3)31-20(26)25-22(11-24)18(13-4-9-16-17(10-13)30-12-29-16)19(22)32(27,28)15-7-5-14(23)6-8-15/h4-10,18-19H,11-12,24H2,1-3H3,(H,25,26)/t18-,19+,22+/m1/s1. The maximum absolute atomic E-state index is 13.6. The average molecular weight is 481 g/mol. The first-order valence-electron chi connectivity index (χ1n) is 10.1. The van der Waals surface area contributed by atoms with E-state index in [1.807, 2.05) is 0 Å². The number of hydrogen-bond donors (Lipinski definition) is 2. The summed E-state index contributed by atoms with van der Waals surface area (Å²) in [4.78, 5) is 12.7. The van der Waals surface area contributed by atoms with Gasteiger partial charge in [0.25, 0.3) is 0 Å². The lowest BCUT2D eigenvalue weighted by atomic mass is 10.1. The molecular formula is C22H25ClN2O6S. The summed E-state index contributed by atoms with van der Waals surface area (Å²) in [6.07, 6.45) is -0.734. The zero-order valence-corrected chi connectivity index (χ0v) is 19.5. The largest absolute Gasteiger partial charge is 0.454 e. The molecule has 1 heterocycles. The number of halogens is 1. The van der Waals surface area contributed by atoms with Crippen LogP contribution < -0.4 is 20.5 Å². The molecule has 2 aromatic rings. The maximum Gasteiger partial charge on any atom is 0.408 e. The SMILES string of the molecule is CC(C)(C)OC(=O)N[C@@]1(CN)[C@H](c2ccc3c(c2)OCO3)[C@@H]1S(=O)(=O)c1ccc(Cl)cc1. The Kier molecular flexibility index (Phi) is 5.55. The highest BCUT2D eigenvalue weighted by Crippen LogP contribution is 2.58. The molecule has 8 nitrogen and oxygen atoms in total. The van der Waals surface area contributed by atoms with Gasteiger partial charge in [0, 0.05) is 17.5 Å². The van der Waals surface area contributed by atoms with E-state index >= 15 is 0 Å². The Morgan fingerprint density at radius 1 is 1.19 bits per heavy atom. The molecule has 1 aliphatic carbocycles. The number of amides is 1. The van der Waals surface area contributed by atoms with Crippen molar-refractivity contribution >= 4 is 27.5 Å². The molecule has 0 bridgehead atoms. The maximum atomic E-state index is 13.6. The summed E-state index contributed by atoms with van der Waals surface area (Å²) in [5.74, 6) is 0.473. The number of benzene rings is 2. The molecule has 1 saturated carbocycles. The van der Waals surface area contributed by atoms with Crippen molar-refractivity contribution in [2.75, 3.05) is 13.3 Å². The molecule has 4 rings (SSSR count). The van der Waals surface area contributed by atoms with Gasteiger partial charge in [-0.15, -0.1) is 0 Å². The van der Waals surface area contributed by atoms with Crippen LogP contribution in [0.5, 0.6) is 11.5 Å². The van der Waals surface area contributed by atoms with Crippen molar-refractivity contribution in [2.45, 2.75) is 48.0 Å².